The molecule has 1 unspecified atom stereocenters. The van der Waals surface area contributed by atoms with Crippen LogP contribution in [0.1, 0.15) is 19.8 Å². The number of nitrogens with zero attached hydrogens (tertiary/aromatic N) is 1. The maximum absolute atomic E-state index is 10.6. The largest absolute Gasteiger partial charge is 0.294 e. The van der Waals surface area contributed by atoms with Gasteiger partial charge in [-0.1, -0.05) is 11.6 Å². The Morgan fingerprint density at radius 3 is 2.45 bits per heavy atom. The van der Waals surface area contributed by atoms with Gasteiger partial charge in [-0.15, -0.1) is 0 Å². The van der Waals surface area contributed by atoms with E-state index in [1.807, 2.05) is 6.92 Å². The first-order valence-corrected chi connectivity index (χ1v) is 4.80. The Bertz CT molecular complexity index is 181. The van der Waals surface area contributed by atoms with Crippen LogP contribution in [0.25, 0.3) is 0 Å². The summed E-state index contributed by atoms with van der Waals surface area (Å²) >= 11 is -1.76. The van der Waals surface area contributed by atoms with E-state index in [4.69, 9.17) is 4.55 Å². The van der Waals surface area contributed by atoms with Crippen molar-refractivity contribution in [2.75, 3.05) is 13.1 Å². The van der Waals surface area contributed by atoms with Gasteiger partial charge in [-0.2, -0.15) is 0 Å². The summed E-state index contributed by atoms with van der Waals surface area (Å²) in [5.41, 5.74) is 1.40. The van der Waals surface area contributed by atoms with E-state index in [0.717, 1.165) is 12.8 Å². The predicted molar refractivity (Wildman–Crippen MR) is 45.3 cm³/mol. The van der Waals surface area contributed by atoms with Gasteiger partial charge in [0.1, 0.15) is 0 Å². The van der Waals surface area contributed by atoms with E-state index < -0.39 is 11.3 Å². The van der Waals surface area contributed by atoms with Gasteiger partial charge in [0.2, 0.25) is 11.3 Å². The summed E-state index contributed by atoms with van der Waals surface area (Å²) in [6.45, 7) is 3.44. The molecule has 0 spiro atoms. The second-order valence-corrected chi connectivity index (χ2v) is 3.58. The summed E-state index contributed by atoms with van der Waals surface area (Å²) in [4.78, 5) is 0. The third-order valence-electron chi connectivity index (χ3n) is 1.99. The van der Waals surface area contributed by atoms with Crippen molar-refractivity contribution in [2.24, 2.45) is 0 Å². The van der Waals surface area contributed by atoms with Gasteiger partial charge in [-0.3, -0.25) is 4.55 Å². The zero-order valence-electron chi connectivity index (χ0n) is 6.62. The summed E-state index contributed by atoms with van der Waals surface area (Å²) < 4.78 is 20.9. The Labute approximate surface area is 69.5 Å². The highest BCUT2D eigenvalue weighted by Gasteiger charge is 2.16. The Balaban J connectivity index is 2.42. The molecular weight excluding hydrogens is 162 g/mol. The molecular formula is C7H13NO2S. The molecule has 0 aliphatic carbocycles. The molecule has 1 aliphatic heterocycles. The van der Waals surface area contributed by atoms with Gasteiger partial charge in [-0.25, -0.2) is 8.51 Å². The molecule has 0 radical (unpaired) electrons. The van der Waals surface area contributed by atoms with Crippen molar-refractivity contribution >= 4 is 11.3 Å². The van der Waals surface area contributed by atoms with E-state index in [1.165, 1.54) is 5.57 Å². The first-order valence-electron chi connectivity index (χ1n) is 3.74. The number of hydrogen-bond acceptors (Lipinski definition) is 1. The zero-order valence-corrected chi connectivity index (χ0v) is 7.43. The monoisotopic (exact) mass is 175 g/mol. The molecule has 1 saturated heterocycles. The zero-order chi connectivity index (χ0) is 8.27. The van der Waals surface area contributed by atoms with Crippen molar-refractivity contribution < 1.29 is 8.76 Å². The van der Waals surface area contributed by atoms with Crippen molar-refractivity contribution in [3.05, 3.63) is 11.6 Å². The molecule has 1 N–H and O–H groups in total. The molecule has 0 aromatic heterocycles. The maximum atomic E-state index is 10.6. The number of rotatable bonds is 1. The van der Waals surface area contributed by atoms with Crippen LogP contribution >= 0.6 is 0 Å². The quantitative estimate of drug-likeness (QED) is 0.480. The lowest BCUT2D eigenvalue weighted by Gasteiger charge is -2.23. The van der Waals surface area contributed by atoms with Crippen LogP contribution in [-0.4, -0.2) is 26.2 Å². The molecule has 0 aromatic rings. The topological polar surface area (TPSA) is 40.5 Å². The Hall–Kier alpha value is -0.190. The summed E-state index contributed by atoms with van der Waals surface area (Å²) in [5.74, 6) is 0. The predicted octanol–water partition coefficient (Wildman–Crippen LogP) is 1.17. The molecule has 0 aromatic carbocycles. The molecule has 64 valence electrons. The van der Waals surface area contributed by atoms with Crippen LogP contribution in [0.3, 0.4) is 0 Å². The van der Waals surface area contributed by atoms with Crippen LogP contribution in [0, 0.1) is 0 Å². The lowest BCUT2D eigenvalue weighted by Crippen LogP contribution is -2.31. The third-order valence-corrected chi connectivity index (χ3v) is 2.80. The number of hydrogen-bond donors (Lipinski definition) is 1. The molecule has 1 atom stereocenters. The summed E-state index contributed by atoms with van der Waals surface area (Å²) in [6.07, 6.45) is 3.96. The van der Waals surface area contributed by atoms with Crippen LogP contribution in [0.2, 0.25) is 0 Å². The highest BCUT2D eigenvalue weighted by molar-refractivity contribution is 7.76. The standard InChI is InChI=1S/C7H13NO2S/c1-2-7-3-5-8(6-4-7)11(9)10/h2H,3-6H2,1H3,(H,9,10). The van der Waals surface area contributed by atoms with Crippen LogP contribution in [0.5, 0.6) is 0 Å². The average molecular weight is 175 g/mol. The van der Waals surface area contributed by atoms with E-state index in [1.54, 1.807) is 4.31 Å². The summed E-state index contributed by atoms with van der Waals surface area (Å²) in [5, 5.41) is 0. The van der Waals surface area contributed by atoms with Crippen LogP contribution in [0.15, 0.2) is 11.6 Å². The lowest BCUT2D eigenvalue weighted by atomic mass is 10.1. The van der Waals surface area contributed by atoms with Crippen molar-refractivity contribution in [2.45, 2.75) is 19.8 Å². The molecule has 0 saturated carbocycles. The van der Waals surface area contributed by atoms with E-state index in [0.29, 0.717) is 13.1 Å². The van der Waals surface area contributed by atoms with Gasteiger partial charge in [0.15, 0.2) is 0 Å². The molecule has 0 bridgehead atoms. The van der Waals surface area contributed by atoms with Gasteiger partial charge in [-0.05, 0) is 19.8 Å². The van der Waals surface area contributed by atoms with Gasteiger partial charge in [0.05, 0.1) is 0 Å². The third kappa shape index (κ3) is 2.39. The molecule has 1 rings (SSSR count). The first kappa shape index (κ1) is 8.90. The molecule has 0 amide bonds. The first-order chi connectivity index (χ1) is 5.24. The van der Waals surface area contributed by atoms with Crippen molar-refractivity contribution in [3.63, 3.8) is 0 Å². The van der Waals surface area contributed by atoms with E-state index >= 15 is 0 Å². The maximum Gasteiger partial charge on any atom is 0.234 e. The summed E-state index contributed by atoms with van der Waals surface area (Å²) in [7, 11) is 0. The van der Waals surface area contributed by atoms with Crippen LogP contribution < -0.4 is 0 Å². The molecule has 1 fully saturated rings. The van der Waals surface area contributed by atoms with Gasteiger partial charge in [0, 0.05) is 13.1 Å². The second kappa shape index (κ2) is 3.99. The molecule has 3 nitrogen and oxygen atoms in total. The normalized spacial score (nSPS) is 23.3. The van der Waals surface area contributed by atoms with Gasteiger partial charge >= 0.3 is 0 Å². The highest BCUT2D eigenvalue weighted by Crippen LogP contribution is 2.15. The molecule has 1 heterocycles. The van der Waals surface area contributed by atoms with Crippen LogP contribution in [0.4, 0.5) is 0 Å². The van der Waals surface area contributed by atoms with E-state index in [2.05, 4.69) is 6.08 Å². The minimum absolute atomic E-state index is 0.711. The number of allylic oxidation sites excluding steroid dienone is 1. The van der Waals surface area contributed by atoms with Gasteiger partial charge < -0.3 is 0 Å². The Kier molecular flexibility index (Phi) is 3.23. The van der Waals surface area contributed by atoms with Crippen molar-refractivity contribution in [1.29, 1.82) is 0 Å². The number of piperidine rings is 1. The van der Waals surface area contributed by atoms with E-state index in [-0.39, 0.29) is 0 Å². The van der Waals surface area contributed by atoms with Gasteiger partial charge in [0.25, 0.3) is 0 Å². The fourth-order valence-electron chi connectivity index (χ4n) is 1.22. The van der Waals surface area contributed by atoms with Crippen molar-refractivity contribution in [1.82, 2.24) is 4.31 Å². The molecule has 11 heavy (non-hydrogen) atoms. The average Bonchev–Trinajstić information content (AvgIpc) is 2.05. The smallest absolute Gasteiger partial charge is 0.234 e. The lowest BCUT2D eigenvalue weighted by molar-refractivity contribution is 0.375. The minimum Gasteiger partial charge on any atom is -0.294 e. The molecule has 4 heteroatoms. The Morgan fingerprint density at radius 1 is 1.55 bits per heavy atom. The van der Waals surface area contributed by atoms with E-state index in [9.17, 15) is 4.21 Å². The van der Waals surface area contributed by atoms with Crippen molar-refractivity contribution in [3.8, 4) is 0 Å². The Morgan fingerprint density at radius 2 is 2.09 bits per heavy atom. The van der Waals surface area contributed by atoms with Crippen LogP contribution in [-0.2, 0) is 11.3 Å². The molecule has 1 aliphatic rings. The second-order valence-electron chi connectivity index (χ2n) is 2.61. The highest BCUT2D eigenvalue weighted by atomic mass is 32.2. The summed E-state index contributed by atoms with van der Waals surface area (Å²) in [6, 6.07) is 0. The fourth-order valence-corrected chi connectivity index (χ4v) is 1.71. The minimum atomic E-state index is -1.76. The SMILES string of the molecule is CC=C1CCN(S(=O)O)CC1. The fraction of sp³-hybridized carbons (Fsp3) is 0.714.